The zero-order chi connectivity index (χ0) is 23.9. The summed E-state index contributed by atoms with van der Waals surface area (Å²) in [6, 6.07) is 10.7. The fourth-order valence-electron chi connectivity index (χ4n) is 5.85. The summed E-state index contributed by atoms with van der Waals surface area (Å²) in [5, 5.41) is 15.5. The number of hydrogen-bond donors (Lipinski definition) is 0. The Morgan fingerprint density at radius 3 is 2.86 bits per heavy atom. The molecule has 2 saturated heterocycles. The average Bonchev–Trinajstić information content (AvgIpc) is 3.27. The van der Waals surface area contributed by atoms with Crippen LogP contribution in [0.5, 0.6) is 0 Å². The number of fused-ring (bicyclic) bond motifs is 2. The first kappa shape index (κ1) is 22.5. The topological polar surface area (TPSA) is 73.5 Å². The molecule has 6 rings (SSSR count). The van der Waals surface area contributed by atoms with Crippen LogP contribution in [-0.4, -0.2) is 82.6 Å². The predicted molar refractivity (Wildman–Crippen MR) is 135 cm³/mol. The second-order valence-corrected chi connectivity index (χ2v) is 10.2. The van der Waals surface area contributed by atoms with E-state index in [2.05, 4.69) is 62.6 Å². The average molecular weight is 472 g/mol. The van der Waals surface area contributed by atoms with Gasteiger partial charge in [0.05, 0.1) is 35.0 Å². The standard InChI is InChI=1S/C27H33N7O/c1-3-31-10-8-21-13-34(30-25(21)18-31)22-14-32(15-22)16-23-17-33(12-19(2)35-23)26-7-6-20(11-28)27-24(26)5-4-9-29-27/h4-7,9,13,19,22-23H,3,8,10,12,14-18H2,1-2H3. The maximum atomic E-state index is 9.49. The number of anilines is 1. The molecule has 3 aliphatic heterocycles. The molecule has 2 atom stereocenters. The summed E-state index contributed by atoms with van der Waals surface area (Å²) in [6.07, 6.45) is 5.45. The Kier molecular flexibility index (Phi) is 5.93. The third kappa shape index (κ3) is 4.29. The summed E-state index contributed by atoms with van der Waals surface area (Å²) in [6.45, 7) is 12.2. The highest BCUT2D eigenvalue weighted by molar-refractivity contribution is 5.95. The molecule has 2 aromatic heterocycles. The van der Waals surface area contributed by atoms with Gasteiger partial charge in [-0.2, -0.15) is 10.4 Å². The Bertz CT molecular complexity index is 1260. The monoisotopic (exact) mass is 471 g/mol. The number of benzene rings is 1. The molecule has 0 radical (unpaired) electrons. The van der Waals surface area contributed by atoms with Crippen LogP contribution in [0.15, 0.2) is 36.7 Å². The van der Waals surface area contributed by atoms with E-state index >= 15 is 0 Å². The van der Waals surface area contributed by atoms with Crippen molar-refractivity contribution in [3.05, 3.63) is 53.5 Å². The smallest absolute Gasteiger partial charge is 0.101 e. The van der Waals surface area contributed by atoms with Crippen LogP contribution < -0.4 is 4.90 Å². The predicted octanol–water partition coefficient (Wildman–Crippen LogP) is 2.83. The van der Waals surface area contributed by atoms with Gasteiger partial charge < -0.3 is 9.64 Å². The number of nitriles is 1. The molecule has 0 amide bonds. The minimum absolute atomic E-state index is 0.144. The molecule has 182 valence electrons. The van der Waals surface area contributed by atoms with Crippen molar-refractivity contribution in [2.75, 3.05) is 50.7 Å². The van der Waals surface area contributed by atoms with Crippen molar-refractivity contribution < 1.29 is 4.74 Å². The molecular weight excluding hydrogens is 438 g/mol. The zero-order valence-corrected chi connectivity index (χ0v) is 20.6. The molecule has 0 N–H and O–H groups in total. The van der Waals surface area contributed by atoms with Gasteiger partial charge in [0, 0.05) is 69.3 Å². The molecule has 0 aliphatic carbocycles. The maximum absolute atomic E-state index is 9.49. The number of likely N-dealkylation sites (N-methyl/N-ethyl adjacent to an activating group) is 1. The van der Waals surface area contributed by atoms with Crippen LogP contribution in [0, 0.1) is 11.3 Å². The van der Waals surface area contributed by atoms with E-state index in [0.29, 0.717) is 11.6 Å². The van der Waals surface area contributed by atoms with Crippen LogP contribution in [-0.2, 0) is 17.7 Å². The zero-order valence-electron chi connectivity index (χ0n) is 20.6. The number of likely N-dealkylation sites (tertiary alicyclic amines) is 1. The van der Waals surface area contributed by atoms with E-state index in [9.17, 15) is 5.26 Å². The second kappa shape index (κ2) is 9.23. The summed E-state index contributed by atoms with van der Waals surface area (Å²) in [7, 11) is 0. The second-order valence-electron chi connectivity index (χ2n) is 10.2. The Labute approximate surface area is 206 Å². The van der Waals surface area contributed by atoms with Gasteiger partial charge in [-0.25, -0.2) is 0 Å². The number of nitrogens with zero attached hydrogens (tertiary/aromatic N) is 7. The summed E-state index contributed by atoms with van der Waals surface area (Å²) in [4.78, 5) is 11.8. The van der Waals surface area contributed by atoms with Gasteiger partial charge in [0.15, 0.2) is 0 Å². The number of pyridine rings is 1. The van der Waals surface area contributed by atoms with Crippen molar-refractivity contribution in [3.63, 3.8) is 0 Å². The van der Waals surface area contributed by atoms with Crippen molar-refractivity contribution >= 4 is 16.6 Å². The van der Waals surface area contributed by atoms with Crippen molar-refractivity contribution in [1.82, 2.24) is 24.6 Å². The van der Waals surface area contributed by atoms with Crippen LogP contribution in [0.25, 0.3) is 10.9 Å². The van der Waals surface area contributed by atoms with Gasteiger partial charge in [0.2, 0.25) is 0 Å². The first-order chi connectivity index (χ1) is 17.1. The van der Waals surface area contributed by atoms with E-state index in [4.69, 9.17) is 9.84 Å². The van der Waals surface area contributed by atoms with Gasteiger partial charge in [-0.05, 0) is 49.7 Å². The van der Waals surface area contributed by atoms with Crippen LogP contribution in [0.1, 0.15) is 36.7 Å². The Balaban J connectivity index is 1.11. The number of hydrogen-bond acceptors (Lipinski definition) is 7. The fourth-order valence-corrected chi connectivity index (χ4v) is 5.85. The first-order valence-electron chi connectivity index (χ1n) is 12.8. The fraction of sp³-hybridized carbons (Fsp3) is 0.519. The summed E-state index contributed by atoms with van der Waals surface area (Å²) in [5.41, 5.74) is 5.23. The third-order valence-electron chi connectivity index (χ3n) is 7.72. The SMILES string of the molecule is CCN1CCc2cn(C3CN(CC4CN(c5ccc(C#N)c6ncccc56)CC(C)O4)C3)nc2C1. The van der Waals surface area contributed by atoms with Crippen molar-refractivity contribution in [1.29, 1.82) is 5.26 Å². The Morgan fingerprint density at radius 2 is 2.03 bits per heavy atom. The van der Waals surface area contributed by atoms with Crippen LogP contribution >= 0.6 is 0 Å². The van der Waals surface area contributed by atoms with E-state index < -0.39 is 0 Å². The molecule has 8 nitrogen and oxygen atoms in total. The number of rotatable bonds is 5. The third-order valence-corrected chi connectivity index (χ3v) is 7.72. The Hall–Kier alpha value is -2.99. The largest absolute Gasteiger partial charge is 0.370 e. The number of morpholine rings is 1. The highest BCUT2D eigenvalue weighted by Gasteiger charge is 2.35. The molecule has 8 heteroatoms. The van der Waals surface area contributed by atoms with Crippen molar-refractivity contribution in [3.8, 4) is 6.07 Å². The van der Waals surface area contributed by atoms with Gasteiger partial charge >= 0.3 is 0 Å². The minimum atomic E-state index is 0.144. The molecule has 3 aromatic rings. The molecule has 3 aliphatic rings. The quantitative estimate of drug-likeness (QED) is 0.567. The molecular formula is C27H33N7O. The van der Waals surface area contributed by atoms with E-state index in [0.717, 1.165) is 75.4 Å². The maximum Gasteiger partial charge on any atom is 0.101 e. The highest BCUT2D eigenvalue weighted by atomic mass is 16.5. The van der Waals surface area contributed by atoms with Crippen LogP contribution in [0.3, 0.4) is 0 Å². The summed E-state index contributed by atoms with van der Waals surface area (Å²) in [5.74, 6) is 0. The Morgan fingerprint density at radius 1 is 1.14 bits per heavy atom. The molecule has 0 bridgehead atoms. The molecule has 5 heterocycles. The lowest BCUT2D eigenvalue weighted by Crippen LogP contribution is -2.56. The van der Waals surface area contributed by atoms with E-state index in [1.807, 2.05) is 12.1 Å². The lowest BCUT2D eigenvalue weighted by Gasteiger charge is -2.44. The molecule has 2 unspecified atom stereocenters. The molecule has 0 spiro atoms. The van der Waals surface area contributed by atoms with Gasteiger partial charge in [-0.1, -0.05) is 6.92 Å². The summed E-state index contributed by atoms with van der Waals surface area (Å²) >= 11 is 0. The molecule has 1 aromatic carbocycles. The van der Waals surface area contributed by atoms with E-state index in [1.54, 1.807) is 6.20 Å². The summed E-state index contributed by atoms with van der Waals surface area (Å²) < 4.78 is 8.57. The van der Waals surface area contributed by atoms with Crippen molar-refractivity contribution in [2.45, 2.75) is 45.1 Å². The van der Waals surface area contributed by atoms with Gasteiger partial charge in [0.25, 0.3) is 0 Å². The molecule has 2 fully saturated rings. The van der Waals surface area contributed by atoms with Gasteiger partial charge in [0.1, 0.15) is 6.07 Å². The van der Waals surface area contributed by atoms with Crippen LogP contribution in [0.2, 0.25) is 0 Å². The van der Waals surface area contributed by atoms with Gasteiger partial charge in [-0.3, -0.25) is 19.5 Å². The number of aromatic nitrogens is 3. The normalized spacial score (nSPS) is 23.7. The van der Waals surface area contributed by atoms with E-state index in [-0.39, 0.29) is 12.2 Å². The lowest BCUT2D eigenvalue weighted by atomic mass is 10.0. The van der Waals surface area contributed by atoms with E-state index in [1.165, 1.54) is 11.3 Å². The number of ether oxygens (including phenoxy) is 1. The lowest BCUT2D eigenvalue weighted by molar-refractivity contribution is -0.0489. The van der Waals surface area contributed by atoms with Gasteiger partial charge in [-0.15, -0.1) is 0 Å². The highest BCUT2D eigenvalue weighted by Crippen LogP contribution is 2.31. The first-order valence-corrected chi connectivity index (χ1v) is 12.8. The van der Waals surface area contributed by atoms with Crippen LogP contribution in [0.4, 0.5) is 5.69 Å². The minimum Gasteiger partial charge on any atom is -0.370 e. The molecule has 0 saturated carbocycles. The van der Waals surface area contributed by atoms with Crippen molar-refractivity contribution in [2.24, 2.45) is 0 Å². The molecule has 35 heavy (non-hydrogen) atoms.